The molecule has 2 aromatic rings. The zero-order valence-corrected chi connectivity index (χ0v) is 23.3. The second kappa shape index (κ2) is 12.5. The van der Waals surface area contributed by atoms with Crippen LogP contribution in [0.4, 0.5) is 0 Å². The topological polar surface area (TPSA) is 140 Å². The number of carbonyl (C=O) groups is 4. The summed E-state index contributed by atoms with van der Waals surface area (Å²) in [6.45, 7) is 6.68. The minimum Gasteiger partial charge on any atom is -0.497 e. The fraction of sp³-hybridized carbons (Fsp3) is 0.467. The Kier molecular flexibility index (Phi) is 9.63. The predicted octanol–water partition coefficient (Wildman–Crippen LogP) is 2.14. The Balaban J connectivity index is 1.81. The maximum Gasteiger partial charge on any atom is 0.240 e. The van der Waals surface area contributed by atoms with Gasteiger partial charge in [-0.15, -0.1) is 0 Å². The van der Waals surface area contributed by atoms with Crippen molar-refractivity contribution in [3.8, 4) is 5.75 Å². The van der Waals surface area contributed by atoms with Crippen LogP contribution in [0.15, 0.2) is 54.6 Å². The molecule has 1 aliphatic heterocycles. The number of ether oxygens (including phenoxy) is 2. The molecule has 2 amide bonds. The minimum absolute atomic E-state index is 0.135. The highest BCUT2D eigenvalue weighted by Crippen LogP contribution is 2.29. The van der Waals surface area contributed by atoms with E-state index in [1.54, 1.807) is 46.9 Å². The number of benzene rings is 2. The van der Waals surface area contributed by atoms with Crippen LogP contribution in [-0.4, -0.2) is 60.3 Å². The third-order valence-corrected chi connectivity index (χ3v) is 6.89. The molecule has 39 heavy (non-hydrogen) atoms. The normalized spacial score (nSPS) is 18.8. The molecule has 0 aliphatic carbocycles. The van der Waals surface area contributed by atoms with E-state index in [0.717, 1.165) is 11.1 Å². The quantitative estimate of drug-likeness (QED) is 0.314. The molecule has 0 bridgehead atoms. The van der Waals surface area contributed by atoms with Gasteiger partial charge in [-0.05, 0) is 63.8 Å². The summed E-state index contributed by atoms with van der Waals surface area (Å²) in [7, 11) is 1.57. The molecule has 4 unspecified atom stereocenters. The monoisotopic (exact) mass is 537 g/mol. The molecule has 4 atom stereocenters. The summed E-state index contributed by atoms with van der Waals surface area (Å²) in [4.78, 5) is 52.4. The summed E-state index contributed by atoms with van der Waals surface area (Å²) in [5.74, 6) is -1.52. The molecule has 0 spiro atoms. The van der Waals surface area contributed by atoms with Crippen LogP contribution in [-0.2, 0) is 36.8 Å². The first-order valence-corrected chi connectivity index (χ1v) is 13.1. The first-order chi connectivity index (χ1) is 18.3. The Hall–Kier alpha value is -3.56. The van der Waals surface area contributed by atoms with Gasteiger partial charge in [0.25, 0.3) is 0 Å². The van der Waals surface area contributed by atoms with Crippen molar-refractivity contribution in [2.24, 2.45) is 11.7 Å². The highest BCUT2D eigenvalue weighted by molar-refractivity contribution is 5.98. The molecule has 0 aromatic heterocycles. The molecule has 3 rings (SSSR count). The molecule has 4 N–H and O–H groups in total. The van der Waals surface area contributed by atoms with E-state index in [1.165, 1.54) is 0 Å². The molecule has 2 aromatic carbocycles. The second-order valence-electron chi connectivity index (χ2n) is 11.0. The van der Waals surface area contributed by atoms with Gasteiger partial charge in [-0.25, -0.2) is 0 Å². The molecule has 0 radical (unpaired) electrons. The van der Waals surface area contributed by atoms with E-state index in [1.807, 2.05) is 42.5 Å². The van der Waals surface area contributed by atoms with Gasteiger partial charge in [0.15, 0.2) is 11.6 Å². The zero-order valence-electron chi connectivity index (χ0n) is 23.3. The SMILES string of the molecule is COc1ccc(CC(CC(=O)C(C)NC(=O)C(C)(C)N)C(=O)NC(Cc2ccccc2)C(=O)C2(C)CO2)cc1. The summed E-state index contributed by atoms with van der Waals surface area (Å²) >= 11 is 0. The van der Waals surface area contributed by atoms with Crippen LogP contribution in [0.2, 0.25) is 0 Å². The smallest absolute Gasteiger partial charge is 0.240 e. The van der Waals surface area contributed by atoms with Crippen molar-refractivity contribution in [1.29, 1.82) is 0 Å². The van der Waals surface area contributed by atoms with Crippen molar-refractivity contribution >= 4 is 23.4 Å². The molecule has 1 saturated heterocycles. The molecule has 1 fully saturated rings. The van der Waals surface area contributed by atoms with Crippen LogP contribution in [0, 0.1) is 5.92 Å². The summed E-state index contributed by atoms with van der Waals surface area (Å²) in [6, 6.07) is 15.0. The van der Waals surface area contributed by atoms with Crippen molar-refractivity contribution in [2.75, 3.05) is 13.7 Å². The van der Waals surface area contributed by atoms with E-state index in [2.05, 4.69) is 10.6 Å². The van der Waals surface area contributed by atoms with Gasteiger partial charge >= 0.3 is 0 Å². The van der Waals surface area contributed by atoms with Gasteiger partial charge < -0.3 is 25.8 Å². The summed E-state index contributed by atoms with van der Waals surface area (Å²) in [6.07, 6.45) is 0.417. The van der Waals surface area contributed by atoms with E-state index in [-0.39, 0.29) is 24.4 Å². The summed E-state index contributed by atoms with van der Waals surface area (Å²) < 4.78 is 10.6. The van der Waals surface area contributed by atoms with Gasteiger partial charge in [0, 0.05) is 12.3 Å². The highest BCUT2D eigenvalue weighted by atomic mass is 16.6. The number of ketones is 2. The Labute approximate surface area is 229 Å². The van der Waals surface area contributed by atoms with Crippen molar-refractivity contribution in [1.82, 2.24) is 10.6 Å². The Morgan fingerprint density at radius 3 is 2.13 bits per heavy atom. The number of rotatable bonds is 14. The number of epoxide rings is 1. The first kappa shape index (κ1) is 30.0. The van der Waals surface area contributed by atoms with Crippen LogP contribution in [0.3, 0.4) is 0 Å². The van der Waals surface area contributed by atoms with Gasteiger partial charge in [0.1, 0.15) is 11.4 Å². The van der Waals surface area contributed by atoms with Crippen LogP contribution in [0.1, 0.15) is 45.2 Å². The van der Waals surface area contributed by atoms with Crippen molar-refractivity contribution < 1.29 is 28.7 Å². The van der Waals surface area contributed by atoms with Crippen molar-refractivity contribution in [3.63, 3.8) is 0 Å². The van der Waals surface area contributed by atoms with E-state index in [0.29, 0.717) is 18.8 Å². The Morgan fingerprint density at radius 2 is 1.59 bits per heavy atom. The predicted molar refractivity (Wildman–Crippen MR) is 147 cm³/mol. The number of amides is 2. The summed E-state index contributed by atoms with van der Waals surface area (Å²) in [5, 5.41) is 5.54. The molecule has 0 saturated carbocycles. The first-order valence-electron chi connectivity index (χ1n) is 13.1. The van der Waals surface area contributed by atoms with E-state index in [4.69, 9.17) is 15.2 Å². The number of methoxy groups -OCH3 is 1. The molecular formula is C30H39N3O6. The van der Waals surface area contributed by atoms with Gasteiger partial charge in [0.05, 0.1) is 31.3 Å². The number of hydrogen-bond acceptors (Lipinski definition) is 7. The third-order valence-electron chi connectivity index (χ3n) is 6.89. The van der Waals surface area contributed by atoms with Gasteiger partial charge in [0.2, 0.25) is 11.8 Å². The molecule has 9 heteroatoms. The second-order valence-corrected chi connectivity index (χ2v) is 11.0. The van der Waals surface area contributed by atoms with E-state index < -0.39 is 41.0 Å². The lowest BCUT2D eigenvalue weighted by Crippen LogP contribution is -2.53. The van der Waals surface area contributed by atoms with Crippen LogP contribution >= 0.6 is 0 Å². The average Bonchev–Trinajstić information content (AvgIpc) is 3.66. The fourth-order valence-corrected chi connectivity index (χ4v) is 4.15. The van der Waals surface area contributed by atoms with E-state index in [9.17, 15) is 19.2 Å². The Bertz CT molecular complexity index is 1170. The third kappa shape index (κ3) is 8.46. The minimum atomic E-state index is -1.15. The largest absolute Gasteiger partial charge is 0.497 e. The van der Waals surface area contributed by atoms with E-state index >= 15 is 0 Å². The average molecular weight is 538 g/mol. The number of nitrogens with one attached hydrogen (secondary N) is 2. The zero-order chi connectivity index (χ0) is 28.8. The van der Waals surface area contributed by atoms with Gasteiger partial charge in [-0.1, -0.05) is 42.5 Å². The molecular weight excluding hydrogens is 498 g/mol. The number of nitrogens with two attached hydrogens (primary N) is 1. The maximum atomic E-state index is 13.7. The van der Waals surface area contributed by atoms with Crippen LogP contribution in [0.5, 0.6) is 5.75 Å². The maximum absolute atomic E-state index is 13.7. The molecule has 1 aliphatic rings. The molecule has 210 valence electrons. The lowest BCUT2D eigenvalue weighted by Gasteiger charge is -2.25. The molecule has 9 nitrogen and oxygen atoms in total. The highest BCUT2D eigenvalue weighted by Gasteiger charge is 2.50. The van der Waals surface area contributed by atoms with Crippen LogP contribution in [0.25, 0.3) is 0 Å². The van der Waals surface area contributed by atoms with Crippen molar-refractivity contribution in [2.45, 2.75) is 70.2 Å². The fourth-order valence-electron chi connectivity index (χ4n) is 4.15. The standard InChI is InChI=1S/C30H39N3O6/c1-19(32-28(37)29(2,3)31)25(34)17-22(15-21-11-13-23(38-5)14-12-21)27(36)33-24(26(35)30(4)18-39-30)16-20-9-7-6-8-10-20/h6-14,19,22,24H,15-18,31H2,1-5H3,(H,32,37)(H,33,36). The number of hydrogen-bond donors (Lipinski definition) is 3. The Morgan fingerprint density at radius 1 is 1.00 bits per heavy atom. The molecule has 1 heterocycles. The lowest BCUT2D eigenvalue weighted by molar-refractivity contribution is -0.134. The number of Topliss-reactive ketones (excluding diaryl/α,β-unsaturated/α-hetero) is 2. The van der Waals surface area contributed by atoms with Crippen LogP contribution < -0.4 is 21.1 Å². The summed E-state index contributed by atoms with van der Waals surface area (Å²) in [5.41, 5.74) is 5.49. The van der Waals surface area contributed by atoms with Gasteiger partial charge in [-0.3, -0.25) is 19.2 Å². The lowest BCUT2D eigenvalue weighted by atomic mass is 9.89. The van der Waals surface area contributed by atoms with Crippen molar-refractivity contribution in [3.05, 3.63) is 65.7 Å². The number of carbonyl (C=O) groups excluding carboxylic acids is 4. The van der Waals surface area contributed by atoms with Gasteiger partial charge in [-0.2, -0.15) is 0 Å².